The lowest BCUT2D eigenvalue weighted by molar-refractivity contribution is 0.313. The van der Waals surface area contributed by atoms with Gasteiger partial charge in [0.25, 0.3) is 0 Å². The van der Waals surface area contributed by atoms with Gasteiger partial charge in [-0.3, -0.25) is 0 Å². The van der Waals surface area contributed by atoms with E-state index < -0.39 is 0 Å². The van der Waals surface area contributed by atoms with Crippen LogP contribution in [-0.4, -0.2) is 52.7 Å². The van der Waals surface area contributed by atoms with Crippen molar-refractivity contribution in [2.75, 3.05) is 43.4 Å². The van der Waals surface area contributed by atoms with Gasteiger partial charge in [0.05, 0.1) is 17.4 Å². The molecule has 1 saturated heterocycles. The van der Waals surface area contributed by atoms with E-state index in [2.05, 4.69) is 69.6 Å². The summed E-state index contributed by atoms with van der Waals surface area (Å²) in [5.41, 5.74) is 5.40. The van der Waals surface area contributed by atoms with Crippen molar-refractivity contribution in [3.8, 4) is 11.3 Å². The van der Waals surface area contributed by atoms with Crippen LogP contribution in [0.15, 0.2) is 72.9 Å². The summed E-state index contributed by atoms with van der Waals surface area (Å²) in [7, 11) is 2.18. The van der Waals surface area contributed by atoms with Gasteiger partial charge in [0, 0.05) is 43.1 Å². The second kappa shape index (κ2) is 7.56. The molecule has 2 aromatic heterocycles. The van der Waals surface area contributed by atoms with Gasteiger partial charge in [-0.15, -0.1) is 5.10 Å². The number of benzene rings is 2. The van der Waals surface area contributed by atoms with Gasteiger partial charge in [-0.25, -0.2) is 9.50 Å². The van der Waals surface area contributed by atoms with Gasteiger partial charge in [0.2, 0.25) is 5.95 Å². The zero-order valence-corrected chi connectivity index (χ0v) is 16.5. The molecule has 0 unspecified atom stereocenters. The molecule has 0 aliphatic carbocycles. The Bertz CT molecular complexity index is 1100. The van der Waals surface area contributed by atoms with Crippen LogP contribution in [0, 0.1) is 0 Å². The third-order valence-corrected chi connectivity index (χ3v) is 5.46. The molecule has 1 aliphatic rings. The smallest absolute Gasteiger partial charge is 0.245 e. The minimum Gasteiger partial charge on any atom is -0.369 e. The number of nitrogens with one attached hydrogen (secondary N) is 1. The number of fused-ring (bicyclic) bond motifs is 1. The predicted octanol–water partition coefficient (Wildman–Crippen LogP) is 3.89. The van der Waals surface area contributed by atoms with Crippen molar-refractivity contribution in [1.82, 2.24) is 19.5 Å². The molecule has 4 aromatic rings. The maximum Gasteiger partial charge on any atom is 0.245 e. The van der Waals surface area contributed by atoms with Crippen molar-refractivity contribution in [3.05, 3.63) is 72.9 Å². The molecule has 29 heavy (non-hydrogen) atoms. The highest BCUT2D eigenvalue weighted by Gasteiger charge is 2.14. The summed E-state index contributed by atoms with van der Waals surface area (Å²) < 4.78 is 1.93. The minimum absolute atomic E-state index is 0.582. The zero-order chi connectivity index (χ0) is 19.6. The van der Waals surface area contributed by atoms with Crippen molar-refractivity contribution in [2.45, 2.75) is 0 Å². The summed E-state index contributed by atoms with van der Waals surface area (Å²) in [6.07, 6.45) is 1.85. The average molecular weight is 384 g/mol. The lowest BCUT2D eigenvalue weighted by atomic mass is 10.2. The van der Waals surface area contributed by atoms with E-state index in [1.165, 1.54) is 5.69 Å². The first-order valence-corrected chi connectivity index (χ1v) is 9.97. The highest BCUT2D eigenvalue weighted by molar-refractivity contribution is 5.67. The summed E-state index contributed by atoms with van der Waals surface area (Å²) in [4.78, 5) is 9.27. The Kier molecular flexibility index (Phi) is 4.62. The Hall–Kier alpha value is -3.38. The van der Waals surface area contributed by atoms with Crippen LogP contribution in [0.3, 0.4) is 0 Å². The van der Waals surface area contributed by atoms with E-state index in [1.54, 1.807) is 0 Å². The first kappa shape index (κ1) is 17.7. The van der Waals surface area contributed by atoms with Crippen molar-refractivity contribution in [2.24, 2.45) is 0 Å². The topological polar surface area (TPSA) is 48.7 Å². The van der Waals surface area contributed by atoms with E-state index in [-0.39, 0.29) is 0 Å². The van der Waals surface area contributed by atoms with Gasteiger partial charge in [-0.1, -0.05) is 30.3 Å². The van der Waals surface area contributed by atoms with Gasteiger partial charge in [-0.2, -0.15) is 0 Å². The predicted molar refractivity (Wildman–Crippen MR) is 118 cm³/mol. The molecule has 146 valence electrons. The second-order valence-corrected chi connectivity index (χ2v) is 7.47. The quantitative estimate of drug-likeness (QED) is 0.578. The Morgan fingerprint density at radius 2 is 1.59 bits per heavy atom. The number of rotatable bonds is 4. The summed E-state index contributed by atoms with van der Waals surface area (Å²) in [5.74, 6) is 0.582. The molecule has 6 heteroatoms. The molecule has 0 atom stereocenters. The molecule has 0 bridgehead atoms. The SMILES string of the molecule is CN1CCN(c2ccc(Nc3ncc4ccc(-c5ccccc5)n4n3)cc2)CC1. The number of piperazine rings is 1. The molecule has 0 radical (unpaired) electrons. The Morgan fingerprint density at radius 3 is 2.34 bits per heavy atom. The van der Waals surface area contributed by atoms with E-state index in [4.69, 9.17) is 5.10 Å². The van der Waals surface area contributed by atoms with Gasteiger partial charge in [0.15, 0.2) is 0 Å². The lowest BCUT2D eigenvalue weighted by Gasteiger charge is -2.34. The number of hydrogen-bond donors (Lipinski definition) is 1. The van der Waals surface area contributed by atoms with Crippen LogP contribution in [0.25, 0.3) is 16.8 Å². The fourth-order valence-electron chi connectivity index (χ4n) is 3.74. The van der Waals surface area contributed by atoms with Crippen LogP contribution in [0.1, 0.15) is 0 Å². The minimum atomic E-state index is 0.582. The molecule has 0 saturated carbocycles. The lowest BCUT2D eigenvalue weighted by Crippen LogP contribution is -2.44. The monoisotopic (exact) mass is 384 g/mol. The van der Waals surface area contributed by atoms with E-state index >= 15 is 0 Å². The number of anilines is 3. The van der Waals surface area contributed by atoms with E-state index in [0.717, 1.165) is 48.6 Å². The Balaban J connectivity index is 1.36. The number of hydrogen-bond acceptors (Lipinski definition) is 5. The van der Waals surface area contributed by atoms with Gasteiger partial charge in [-0.05, 0) is 43.4 Å². The summed E-state index contributed by atoms with van der Waals surface area (Å²) in [6, 6.07) is 22.9. The Morgan fingerprint density at radius 1 is 0.828 bits per heavy atom. The van der Waals surface area contributed by atoms with Gasteiger partial charge < -0.3 is 15.1 Å². The third kappa shape index (κ3) is 3.67. The molecule has 0 amide bonds. The van der Waals surface area contributed by atoms with Crippen LogP contribution < -0.4 is 10.2 Å². The maximum absolute atomic E-state index is 4.71. The fourth-order valence-corrected chi connectivity index (χ4v) is 3.74. The van der Waals surface area contributed by atoms with Crippen LogP contribution in [0.4, 0.5) is 17.3 Å². The molecule has 1 aliphatic heterocycles. The fraction of sp³-hybridized carbons (Fsp3) is 0.217. The Labute approximate surface area is 170 Å². The number of nitrogens with zero attached hydrogens (tertiary/aromatic N) is 5. The average Bonchev–Trinajstić information content (AvgIpc) is 3.19. The van der Waals surface area contributed by atoms with Crippen molar-refractivity contribution >= 4 is 22.8 Å². The molecule has 0 spiro atoms. The zero-order valence-electron chi connectivity index (χ0n) is 16.5. The third-order valence-electron chi connectivity index (χ3n) is 5.46. The van der Waals surface area contributed by atoms with Crippen LogP contribution >= 0.6 is 0 Å². The van der Waals surface area contributed by atoms with Gasteiger partial charge >= 0.3 is 0 Å². The standard InChI is InChI=1S/C23H24N6/c1-27-13-15-28(16-14-27)20-9-7-19(8-10-20)25-23-24-17-21-11-12-22(29(21)26-23)18-5-3-2-4-6-18/h2-12,17H,13-16H2,1H3,(H,25,26). The molecular formula is C23H24N6. The number of likely N-dealkylation sites (N-methyl/N-ethyl adjacent to an activating group) is 1. The highest BCUT2D eigenvalue weighted by Crippen LogP contribution is 2.23. The normalized spacial score (nSPS) is 15.0. The van der Waals surface area contributed by atoms with Crippen LogP contribution in [0.5, 0.6) is 0 Å². The van der Waals surface area contributed by atoms with Crippen molar-refractivity contribution in [3.63, 3.8) is 0 Å². The summed E-state index contributed by atoms with van der Waals surface area (Å²) in [6.45, 7) is 4.35. The van der Waals surface area contributed by atoms with Crippen LogP contribution in [0.2, 0.25) is 0 Å². The van der Waals surface area contributed by atoms with E-state index in [1.807, 2.05) is 35.0 Å². The molecule has 1 N–H and O–H groups in total. The molecule has 5 rings (SSSR count). The van der Waals surface area contributed by atoms with Crippen LogP contribution in [-0.2, 0) is 0 Å². The van der Waals surface area contributed by atoms with Crippen molar-refractivity contribution < 1.29 is 0 Å². The summed E-state index contributed by atoms with van der Waals surface area (Å²) in [5, 5.41) is 8.04. The molecule has 2 aromatic carbocycles. The van der Waals surface area contributed by atoms with E-state index in [0.29, 0.717) is 5.95 Å². The summed E-state index contributed by atoms with van der Waals surface area (Å²) >= 11 is 0. The first-order valence-electron chi connectivity index (χ1n) is 9.97. The van der Waals surface area contributed by atoms with E-state index in [9.17, 15) is 0 Å². The maximum atomic E-state index is 4.71. The molecule has 6 nitrogen and oxygen atoms in total. The molecule has 3 heterocycles. The molecule has 1 fully saturated rings. The number of aromatic nitrogens is 3. The highest BCUT2D eigenvalue weighted by atomic mass is 15.3. The largest absolute Gasteiger partial charge is 0.369 e. The van der Waals surface area contributed by atoms with Gasteiger partial charge in [0.1, 0.15) is 0 Å². The second-order valence-electron chi connectivity index (χ2n) is 7.47. The first-order chi connectivity index (χ1) is 14.3. The molecular weight excluding hydrogens is 360 g/mol. The van der Waals surface area contributed by atoms with Crippen molar-refractivity contribution in [1.29, 1.82) is 0 Å².